The first kappa shape index (κ1) is 13.2. The zero-order valence-corrected chi connectivity index (χ0v) is 10.8. The lowest BCUT2D eigenvalue weighted by Gasteiger charge is -2.28. The van der Waals surface area contributed by atoms with Crippen LogP contribution in [0.25, 0.3) is 0 Å². The van der Waals surface area contributed by atoms with Gasteiger partial charge in [0, 0.05) is 6.42 Å². The fraction of sp³-hybridized carbons (Fsp3) is 0.571. The monoisotopic (exact) mass is 252 g/mol. The van der Waals surface area contributed by atoms with Crippen molar-refractivity contribution in [3.05, 3.63) is 23.8 Å². The van der Waals surface area contributed by atoms with E-state index in [9.17, 15) is 10.2 Å². The first-order valence-corrected chi connectivity index (χ1v) is 6.34. The maximum absolute atomic E-state index is 10.2. The standard InChI is InChI=1S/C14H20O4/c1-3-14(2,16)13(15)10-5-6-11-12(9-10)18-8-4-7-17-11/h5-6,9,13,15-16H,3-4,7-8H2,1-2H3. The van der Waals surface area contributed by atoms with Gasteiger partial charge in [-0.15, -0.1) is 0 Å². The molecule has 1 aromatic rings. The van der Waals surface area contributed by atoms with Gasteiger partial charge in [0.2, 0.25) is 0 Å². The summed E-state index contributed by atoms with van der Waals surface area (Å²) in [5.74, 6) is 1.33. The Morgan fingerprint density at radius 2 is 1.94 bits per heavy atom. The van der Waals surface area contributed by atoms with E-state index in [2.05, 4.69) is 0 Å². The number of benzene rings is 1. The van der Waals surface area contributed by atoms with E-state index in [-0.39, 0.29) is 0 Å². The smallest absolute Gasteiger partial charge is 0.161 e. The number of aliphatic hydroxyl groups is 2. The Labute approximate surface area is 107 Å². The molecule has 0 bridgehead atoms. The van der Waals surface area contributed by atoms with E-state index in [4.69, 9.17) is 9.47 Å². The number of aliphatic hydroxyl groups excluding tert-OH is 1. The molecule has 2 unspecified atom stereocenters. The first-order valence-electron chi connectivity index (χ1n) is 6.34. The molecule has 1 aliphatic heterocycles. The third-order valence-electron chi connectivity index (χ3n) is 3.39. The molecule has 100 valence electrons. The topological polar surface area (TPSA) is 58.9 Å². The average Bonchev–Trinajstić information content (AvgIpc) is 2.62. The molecular formula is C14H20O4. The van der Waals surface area contributed by atoms with Crippen LogP contribution in [0.15, 0.2) is 18.2 Å². The van der Waals surface area contributed by atoms with Gasteiger partial charge in [0.25, 0.3) is 0 Å². The lowest BCUT2D eigenvalue weighted by atomic mass is 9.90. The van der Waals surface area contributed by atoms with Gasteiger partial charge in [-0.2, -0.15) is 0 Å². The number of hydrogen-bond donors (Lipinski definition) is 2. The maximum atomic E-state index is 10.2. The summed E-state index contributed by atoms with van der Waals surface area (Å²) >= 11 is 0. The molecule has 2 rings (SSSR count). The molecule has 0 aliphatic carbocycles. The molecule has 0 fully saturated rings. The van der Waals surface area contributed by atoms with E-state index in [1.165, 1.54) is 0 Å². The summed E-state index contributed by atoms with van der Waals surface area (Å²) in [5.41, 5.74) is -0.495. The van der Waals surface area contributed by atoms with Gasteiger partial charge in [-0.05, 0) is 31.0 Å². The minimum atomic E-state index is -1.14. The van der Waals surface area contributed by atoms with Gasteiger partial charge in [0.1, 0.15) is 6.10 Å². The summed E-state index contributed by atoms with van der Waals surface area (Å²) in [7, 11) is 0. The zero-order chi connectivity index (χ0) is 13.2. The second-order valence-electron chi connectivity index (χ2n) is 4.87. The van der Waals surface area contributed by atoms with Crippen LogP contribution in [-0.2, 0) is 0 Å². The minimum Gasteiger partial charge on any atom is -0.490 e. The molecule has 4 heteroatoms. The van der Waals surface area contributed by atoms with Crippen LogP contribution in [-0.4, -0.2) is 29.0 Å². The molecule has 1 aliphatic rings. The third-order valence-corrected chi connectivity index (χ3v) is 3.39. The molecule has 1 heterocycles. The Bertz CT molecular complexity index is 414. The van der Waals surface area contributed by atoms with Gasteiger partial charge in [-0.1, -0.05) is 13.0 Å². The van der Waals surface area contributed by atoms with Crippen LogP contribution in [0.1, 0.15) is 38.4 Å². The van der Waals surface area contributed by atoms with Gasteiger partial charge in [0.15, 0.2) is 11.5 Å². The highest BCUT2D eigenvalue weighted by Gasteiger charge is 2.30. The van der Waals surface area contributed by atoms with Crippen LogP contribution < -0.4 is 9.47 Å². The van der Waals surface area contributed by atoms with Gasteiger partial charge < -0.3 is 19.7 Å². The van der Waals surface area contributed by atoms with Gasteiger partial charge in [-0.25, -0.2) is 0 Å². The summed E-state index contributed by atoms with van der Waals surface area (Å²) in [4.78, 5) is 0. The zero-order valence-electron chi connectivity index (χ0n) is 10.8. The summed E-state index contributed by atoms with van der Waals surface area (Å²) in [5, 5.41) is 20.3. The second kappa shape index (κ2) is 5.16. The molecule has 0 aromatic heterocycles. The molecule has 4 nitrogen and oxygen atoms in total. The lowest BCUT2D eigenvalue weighted by molar-refractivity contribution is -0.0659. The molecule has 2 N–H and O–H groups in total. The Hall–Kier alpha value is -1.26. The number of fused-ring (bicyclic) bond motifs is 1. The van der Waals surface area contributed by atoms with Crippen molar-refractivity contribution in [1.29, 1.82) is 0 Å². The van der Waals surface area contributed by atoms with Crippen LogP contribution in [0.5, 0.6) is 11.5 Å². The molecule has 1 aromatic carbocycles. The summed E-state index contributed by atoms with van der Waals surface area (Å²) in [6, 6.07) is 5.29. The summed E-state index contributed by atoms with van der Waals surface area (Å²) < 4.78 is 11.1. The van der Waals surface area contributed by atoms with Crippen LogP contribution in [0.3, 0.4) is 0 Å². The molecule has 0 amide bonds. The number of hydrogen-bond acceptors (Lipinski definition) is 4. The highest BCUT2D eigenvalue weighted by atomic mass is 16.5. The Morgan fingerprint density at radius 3 is 2.61 bits per heavy atom. The van der Waals surface area contributed by atoms with E-state index in [0.29, 0.717) is 36.7 Å². The highest BCUT2D eigenvalue weighted by Crippen LogP contribution is 2.35. The summed E-state index contributed by atoms with van der Waals surface area (Å²) in [6.45, 7) is 4.71. The molecule has 0 radical (unpaired) electrons. The lowest BCUT2D eigenvalue weighted by Crippen LogP contribution is -2.31. The van der Waals surface area contributed by atoms with Crippen molar-refractivity contribution in [2.24, 2.45) is 0 Å². The highest BCUT2D eigenvalue weighted by molar-refractivity contribution is 5.44. The van der Waals surface area contributed by atoms with Crippen molar-refractivity contribution in [2.75, 3.05) is 13.2 Å². The fourth-order valence-electron chi connectivity index (χ4n) is 1.90. The number of rotatable bonds is 3. The van der Waals surface area contributed by atoms with E-state index < -0.39 is 11.7 Å². The molecule has 0 saturated carbocycles. The molecule has 0 spiro atoms. The van der Waals surface area contributed by atoms with Crippen molar-refractivity contribution in [3.63, 3.8) is 0 Å². The third kappa shape index (κ3) is 2.60. The van der Waals surface area contributed by atoms with Crippen molar-refractivity contribution >= 4 is 0 Å². The van der Waals surface area contributed by atoms with Crippen molar-refractivity contribution in [1.82, 2.24) is 0 Å². The first-order chi connectivity index (χ1) is 8.54. The van der Waals surface area contributed by atoms with Crippen LogP contribution >= 0.6 is 0 Å². The van der Waals surface area contributed by atoms with E-state index >= 15 is 0 Å². The van der Waals surface area contributed by atoms with E-state index in [1.54, 1.807) is 25.1 Å². The molecule has 18 heavy (non-hydrogen) atoms. The minimum absolute atomic E-state index is 0.475. The molecule has 2 atom stereocenters. The predicted molar refractivity (Wildman–Crippen MR) is 67.9 cm³/mol. The van der Waals surface area contributed by atoms with Gasteiger partial charge in [-0.3, -0.25) is 0 Å². The maximum Gasteiger partial charge on any atom is 0.161 e. The van der Waals surface area contributed by atoms with E-state index in [1.807, 2.05) is 6.92 Å². The Balaban J connectivity index is 2.28. The normalized spacial score (nSPS) is 19.8. The van der Waals surface area contributed by atoms with Gasteiger partial charge in [0.05, 0.1) is 18.8 Å². The Kier molecular flexibility index (Phi) is 3.78. The molecular weight excluding hydrogens is 232 g/mol. The van der Waals surface area contributed by atoms with Crippen molar-refractivity contribution < 1.29 is 19.7 Å². The predicted octanol–water partition coefficient (Wildman–Crippen LogP) is 2.04. The molecule has 0 saturated heterocycles. The second-order valence-corrected chi connectivity index (χ2v) is 4.87. The summed E-state index contributed by atoms with van der Waals surface area (Å²) in [6.07, 6.45) is 0.390. The quantitative estimate of drug-likeness (QED) is 0.864. The average molecular weight is 252 g/mol. The van der Waals surface area contributed by atoms with Crippen LogP contribution in [0.4, 0.5) is 0 Å². The van der Waals surface area contributed by atoms with Crippen LogP contribution in [0.2, 0.25) is 0 Å². The number of ether oxygens (including phenoxy) is 2. The van der Waals surface area contributed by atoms with E-state index in [0.717, 1.165) is 6.42 Å². The fourth-order valence-corrected chi connectivity index (χ4v) is 1.90. The van der Waals surface area contributed by atoms with Crippen LogP contribution in [0, 0.1) is 0 Å². The SMILES string of the molecule is CCC(C)(O)C(O)c1ccc2c(c1)OCCCO2. The van der Waals surface area contributed by atoms with Crippen molar-refractivity contribution in [3.8, 4) is 11.5 Å². The Morgan fingerprint density at radius 1 is 1.28 bits per heavy atom. The van der Waals surface area contributed by atoms with Gasteiger partial charge >= 0.3 is 0 Å². The van der Waals surface area contributed by atoms with Crippen molar-refractivity contribution in [2.45, 2.75) is 38.4 Å². The largest absolute Gasteiger partial charge is 0.490 e.